The minimum Gasteiger partial charge on any atom is -0.378 e. The van der Waals surface area contributed by atoms with Gasteiger partial charge in [-0.2, -0.15) is 0 Å². The van der Waals surface area contributed by atoms with Crippen molar-refractivity contribution in [2.75, 3.05) is 37.7 Å². The van der Waals surface area contributed by atoms with Crippen LogP contribution in [0, 0.1) is 0 Å². The lowest BCUT2D eigenvalue weighted by atomic mass is 10.1. The van der Waals surface area contributed by atoms with Crippen LogP contribution in [0.5, 0.6) is 0 Å². The normalized spacial score (nSPS) is 18.1. The first kappa shape index (κ1) is 20.7. The highest BCUT2D eigenvalue weighted by molar-refractivity contribution is 5.99. The summed E-state index contributed by atoms with van der Waals surface area (Å²) in [5, 5.41) is 0. The molecule has 144 valence electrons. The average molecular weight is 382 g/mol. The fourth-order valence-electron chi connectivity index (χ4n) is 3.47. The Balaban J connectivity index is 0.00000243. The van der Waals surface area contributed by atoms with Gasteiger partial charge < -0.3 is 20.3 Å². The van der Waals surface area contributed by atoms with Crippen LogP contribution in [-0.4, -0.2) is 55.6 Å². The number of hydrogen-bond acceptors (Lipinski definition) is 4. The van der Waals surface area contributed by atoms with Gasteiger partial charge in [-0.15, -0.1) is 12.4 Å². The number of benzene rings is 1. The van der Waals surface area contributed by atoms with Crippen LogP contribution >= 0.6 is 12.4 Å². The Morgan fingerprint density at radius 2 is 2.00 bits per heavy atom. The van der Waals surface area contributed by atoms with Crippen molar-refractivity contribution in [1.82, 2.24) is 4.90 Å². The summed E-state index contributed by atoms with van der Waals surface area (Å²) in [6.45, 7) is 3.49. The second-order valence-electron chi connectivity index (χ2n) is 6.70. The molecule has 0 unspecified atom stereocenters. The maximum absolute atomic E-state index is 12.8. The van der Waals surface area contributed by atoms with E-state index in [9.17, 15) is 9.59 Å². The third kappa shape index (κ3) is 4.96. The first-order chi connectivity index (χ1) is 12.2. The molecular formula is C19H28ClN3O3. The Kier molecular flexibility index (Phi) is 7.87. The van der Waals surface area contributed by atoms with Crippen molar-refractivity contribution in [2.45, 2.75) is 38.2 Å². The van der Waals surface area contributed by atoms with E-state index in [0.717, 1.165) is 37.9 Å². The lowest BCUT2D eigenvalue weighted by Gasteiger charge is -2.32. The van der Waals surface area contributed by atoms with Gasteiger partial charge >= 0.3 is 0 Å². The predicted molar refractivity (Wildman–Crippen MR) is 104 cm³/mol. The van der Waals surface area contributed by atoms with Gasteiger partial charge in [0, 0.05) is 43.9 Å². The number of nitrogens with zero attached hydrogens (tertiary/aromatic N) is 2. The van der Waals surface area contributed by atoms with Crippen LogP contribution in [-0.2, 0) is 9.53 Å². The van der Waals surface area contributed by atoms with Gasteiger partial charge in [0.05, 0.1) is 6.10 Å². The molecule has 0 aromatic heterocycles. The van der Waals surface area contributed by atoms with E-state index >= 15 is 0 Å². The van der Waals surface area contributed by atoms with E-state index in [2.05, 4.69) is 0 Å². The first-order valence-electron chi connectivity index (χ1n) is 9.20. The van der Waals surface area contributed by atoms with Crippen molar-refractivity contribution in [3.05, 3.63) is 29.8 Å². The number of carbonyl (C=O) groups excluding carboxylic acids is 2. The average Bonchev–Trinajstić information content (AvgIpc) is 3.08. The smallest absolute Gasteiger partial charge is 0.253 e. The number of amides is 2. The summed E-state index contributed by atoms with van der Waals surface area (Å²) < 4.78 is 5.79. The standard InChI is InChI=1S/C19H27N3O3.ClH/c20-9-3-13-25-17-7-11-21(12-8-17)19(24)15-4-1-5-16(14-15)22-10-2-6-18(22)23;/h1,4-5,14,17H,2-3,6-13,20H2;1H. The molecule has 0 atom stereocenters. The van der Waals surface area contributed by atoms with Gasteiger partial charge in [-0.1, -0.05) is 6.07 Å². The van der Waals surface area contributed by atoms with Gasteiger partial charge in [-0.05, 0) is 50.4 Å². The van der Waals surface area contributed by atoms with Crippen LogP contribution in [0.25, 0.3) is 0 Å². The molecule has 7 heteroatoms. The van der Waals surface area contributed by atoms with Gasteiger partial charge in [0.2, 0.25) is 5.91 Å². The van der Waals surface area contributed by atoms with E-state index < -0.39 is 0 Å². The Bertz CT molecular complexity index is 618. The van der Waals surface area contributed by atoms with E-state index in [1.54, 1.807) is 4.90 Å². The summed E-state index contributed by atoms with van der Waals surface area (Å²) in [5.74, 6) is 0.175. The SMILES string of the molecule is Cl.NCCCOC1CCN(C(=O)c2cccc(N3CCCC3=O)c2)CC1. The van der Waals surface area contributed by atoms with Crippen molar-refractivity contribution in [3.63, 3.8) is 0 Å². The van der Waals surface area contributed by atoms with Crippen LogP contribution in [0.3, 0.4) is 0 Å². The molecule has 2 amide bonds. The van der Waals surface area contributed by atoms with E-state index in [4.69, 9.17) is 10.5 Å². The quantitative estimate of drug-likeness (QED) is 0.766. The van der Waals surface area contributed by atoms with E-state index in [1.807, 2.05) is 29.2 Å². The number of anilines is 1. The summed E-state index contributed by atoms with van der Waals surface area (Å²) in [7, 11) is 0. The number of halogens is 1. The third-order valence-corrected chi connectivity index (χ3v) is 4.91. The van der Waals surface area contributed by atoms with Gasteiger partial charge in [0.25, 0.3) is 5.91 Å². The molecule has 1 aromatic carbocycles. The Labute approximate surface area is 161 Å². The lowest BCUT2D eigenvalue weighted by Crippen LogP contribution is -2.41. The number of nitrogens with two attached hydrogens (primary N) is 1. The number of carbonyl (C=O) groups is 2. The summed E-state index contributed by atoms with van der Waals surface area (Å²) in [6.07, 6.45) is 4.30. The minimum atomic E-state index is 0. The zero-order valence-electron chi connectivity index (χ0n) is 15.1. The van der Waals surface area contributed by atoms with E-state index in [0.29, 0.717) is 38.2 Å². The molecule has 6 nitrogen and oxygen atoms in total. The topological polar surface area (TPSA) is 75.9 Å². The molecule has 2 saturated heterocycles. The molecule has 2 heterocycles. The number of ether oxygens (including phenoxy) is 1. The van der Waals surface area contributed by atoms with Crippen LogP contribution < -0.4 is 10.6 Å². The maximum Gasteiger partial charge on any atom is 0.253 e. The molecule has 2 fully saturated rings. The number of piperidine rings is 1. The number of hydrogen-bond donors (Lipinski definition) is 1. The van der Waals surface area contributed by atoms with Crippen molar-refractivity contribution in [2.24, 2.45) is 5.73 Å². The van der Waals surface area contributed by atoms with Crippen molar-refractivity contribution in [1.29, 1.82) is 0 Å². The Morgan fingerprint density at radius 1 is 1.23 bits per heavy atom. The highest BCUT2D eigenvalue weighted by Crippen LogP contribution is 2.24. The summed E-state index contributed by atoms with van der Waals surface area (Å²) >= 11 is 0. The van der Waals surface area contributed by atoms with Gasteiger partial charge in [-0.25, -0.2) is 0 Å². The molecule has 0 radical (unpaired) electrons. The van der Waals surface area contributed by atoms with Crippen LogP contribution in [0.1, 0.15) is 42.5 Å². The molecule has 2 aliphatic rings. The summed E-state index contributed by atoms with van der Waals surface area (Å²) in [6, 6.07) is 7.43. The van der Waals surface area contributed by atoms with Gasteiger partial charge in [0.1, 0.15) is 0 Å². The second kappa shape index (κ2) is 9.90. The molecule has 2 aliphatic heterocycles. The molecule has 26 heavy (non-hydrogen) atoms. The largest absolute Gasteiger partial charge is 0.378 e. The van der Waals surface area contributed by atoms with E-state index in [1.165, 1.54) is 0 Å². The van der Waals surface area contributed by atoms with Gasteiger partial charge in [-0.3, -0.25) is 9.59 Å². The molecule has 0 saturated carbocycles. The van der Waals surface area contributed by atoms with E-state index in [-0.39, 0.29) is 30.3 Å². The monoisotopic (exact) mass is 381 g/mol. The molecule has 3 rings (SSSR count). The zero-order valence-corrected chi connectivity index (χ0v) is 15.9. The fourth-order valence-corrected chi connectivity index (χ4v) is 3.47. The molecule has 0 aliphatic carbocycles. The number of likely N-dealkylation sites (tertiary alicyclic amines) is 1. The molecule has 1 aromatic rings. The molecule has 0 bridgehead atoms. The van der Waals surface area contributed by atoms with Crippen molar-refractivity contribution in [3.8, 4) is 0 Å². The number of rotatable bonds is 6. The zero-order chi connectivity index (χ0) is 17.6. The lowest BCUT2D eigenvalue weighted by molar-refractivity contribution is -0.117. The Hall–Kier alpha value is -1.63. The third-order valence-electron chi connectivity index (χ3n) is 4.91. The second-order valence-corrected chi connectivity index (χ2v) is 6.70. The van der Waals surface area contributed by atoms with Crippen molar-refractivity contribution < 1.29 is 14.3 Å². The summed E-state index contributed by atoms with van der Waals surface area (Å²) in [4.78, 5) is 28.3. The molecular weight excluding hydrogens is 354 g/mol. The fraction of sp³-hybridized carbons (Fsp3) is 0.579. The molecule has 2 N–H and O–H groups in total. The molecule has 0 spiro atoms. The van der Waals surface area contributed by atoms with Gasteiger partial charge in [0.15, 0.2) is 0 Å². The first-order valence-corrected chi connectivity index (χ1v) is 9.20. The van der Waals surface area contributed by atoms with Crippen LogP contribution in [0.2, 0.25) is 0 Å². The summed E-state index contributed by atoms with van der Waals surface area (Å²) in [5.41, 5.74) is 6.96. The van der Waals surface area contributed by atoms with Crippen LogP contribution in [0.4, 0.5) is 5.69 Å². The predicted octanol–water partition coefficient (Wildman–Crippen LogP) is 2.21. The Morgan fingerprint density at radius 3 is 2.65 bits per heavy atom. The van der Waals surface area contributed by atoms with Crippen molar-refractivity contribution >= 4 is 29.9 Å². The van der Waals surface area contributed by atoms with Crippen LogP contribution in [0.15, 0.2) is 24.3 Å². The highest BCUT2D eigenvalue weighted by Gasteiger charge is 2.26. The highest BCUT2D eigenvalue weighted by atomic mass is 35.5. The maximum atomic E-state index is 12.8. The minimum absolute atomic E-state index is 0.